The highest BCUT2D eigenvalue weighted by atomic mass is 32.2. The molecule has 3 heterocycles. The Morgan fingerprint density at radius 1 is 1.25 bits per heavy atom. The summed E-state index contributed by atoms with van der Waals surface area (Å²) in [6.45, 7) is 10.0. The number of hydrogen-bond donors (Lipinski definition) is 0. The van der Waals surface area contributed by atoms with Gasteiger partial charge in [-0.1, -0.05) is 0 Å². The first kappa shape index (κ1) is 16.4. The summed E-state index contributed by atoms with van der Waals surface area (Å²) in [6.07, 6.45) is 4.09. The van der Waals surface area contributed by atoms with Crippen molar-refractivity contribution in [1.29, 1.82) is 0 Å². The maximum absolute atomic E-state index is 11.2. The molecule has 0 aliphatic carbocycles. The Morgan fingerprint density at radius 3 is 2.25 bits per heavy atom. The molecule has 3 saturated heterocycles. The van der Waals surface area contributed by atoms with E-state index in [2.05, 4.69) is 24.5 Å². The van der Waals surface area contributed by atoms with Crippen molar-refractivity contribution in [2.75, 3.05) is 32.5 Å². The number of hydrogen-bond acceptors (Lipinski definition) is 5. The summed E-state index contributed by atoms with van der Waals surface area (Å²) in [6, 6.07) is 0. The van der Waals surface area contributed by atoms with Gasteiger partial charge in [-0.3, -0.25) is 4.18 Å². The monoisotopic (exact) mass is 321 g/mol. The van der Waals surface area contributed by atoms with Crippen LogP contribution in [0.25, 0.3) is 0 Å². The van der Waals surface area contributed by atoms with Crippen LogP contribution < -0.4 is 0 Å². The molecule has 0 aromatic heterocycles. The van der Waals surface area contributed by atoms with Crippen molar-refractivity contribution in [1.82, 2.24) is 4.90 Å². The van der Waals surface area contributed by atoms with Crippen LogP contribution in [0.4, 0.5) is 0 Å². The first-order chi connectivity index (χ1) is 9.10. The van der Waals surface area contributed by atoms with Gasteiger partial charge in [-0.15, -0.1) is 0 Å². The molecular formula is C13H27NO4SSi. The molecule has 0 aromatic rings. The summed E-state index contributed by atoms with van der Waals surface area (Å²) < 4.78 is 33.8. The minimum absolute atomic E-state index is 0.203. The summed E-state index contributed by atoms with van der Waals surface area (Å²) in [4.78, 5) is 2.45. The van der Waals surface area contributed by atoms with Gasteiger partial charge in [0.05, 0.1) is 18.5 Å². The van der Waals surface area contributed by atoms with Gasteiger partial charge in [0.25, 0.3) is 10.1 Å². The van der Waals surface area contributed by atoms with Crippen molar-refractivity contribution >= 4 is 18.4 Å². The maximum Gasteiger partial charge on any atom is 0.264 e. The molecule has 0 radical (unpaired) electrons. The Hall–Kier alpha value is 0.0469. The second-order valence-corrected chi connectivity index (χ2v) is 13.2. The highest BCUT2D eigenvalue weighted by Crippen LogP contribution is 2.42. The number of nitrogens with zero attached hydrogens (tertiary/aromatic N) is 1. The Balaban J connectivity index is 2.08. The van der Waals surface area contributed by atoms with Gasteiger partial charge in [-0.25, -0.2) is 0 Å². The maximum atomic E-state index is 11.2. The molecule has 3 aliphatic heterocycles. The molecule has 7 heteroatoms. The van der Waals surface area contributed by atoms with Gasteiger partial charge < -0.3 is 9.33 Å². The molecule has 0 amide bonds. The topological polar surface area (TPSA) is 55.8 Å². The third kappa shape index (κ3) is 4.27. The Bertz CT molecular complexity index is 440. The molecule has 0 saturated carbocycles. The van der Waals surface area contributed by atoms with Gasteiger partial charge in [0.1, 0.15) is 0 Å². The SMILES string of the molecule is C[Si](C)(C)OC1(CCOS(C)(=O)=O)CN2CCC1CC2. The minimum atomic E-state index is -3.37. The molecular weight excluding hydrogens is 294 g/mol. The van der Waals surface area contributed by atoms with E-state index in [4.69, 9.17) is 8.61 Å². The second-order valence-electron chi connectivity index (χ2n) is 7.11. The molecule has 20 heavy (non-hydrogen) atoms. The lowest BCUT2D eigenvalue weighted by atomic mass is 9.74. The van der Waals surface area contributed by atoms with E-state index in [-0.39, 0.29) is 12.2 Å². The zero-order valence-corrected chi connectivity index (χ0v) is 14.8. The largest absolute Gasteiger partial charge is 0.410 e. The first-order valence-corrected chi connectivity index (χ1v) is 12.6. The van der Waals surface area contributed by atoms with Gasteiger partial charge >= 0.3 is 0 Å². The lowest BCUT2D eigenvalue weighted by molar-refractivity contribution is -0.107. The van der Waals surface area contributed by atoms with Gasteiger partial charge in [-0.05, 0) is 51.5 Å². The molecule has 118 valence electrons. The number of piperidine rings is 3. The molecule has 3 fully saturated rings. The summed E-state index contributed by atoms with van der Waals surface area (Å²) in [5.74, 6) is 0.544. The van der Waals surface area contributed by atoms with Crippen molar-refractivity contribution < 1.29 is 17.0 Å². The Kier molecular flexibility index (Phi) is 4.66. The summed E-state index contributed by atoms with van der Waals surface area (Å²) >= 11 is 0. The molecule has 0 spiro atoms. The average molecular weight is 322 g/mol. The zero-order valence-electron chi connectivity index (χ0n) is 13.0. The third-order valence-electron chi connectivity index (χ3n) is 4.15. The van der Waals surface area contributed by atoms with Crippen molar-refractivity contribution in [3.8, 4) is 0 Å². The van der Waals surface area contributed by atoms with E-state index in [1.54, 1.807) is 0 Å². The zero-order chi connectivity index (χ0) is 15.0. The minimum Gasteiger partial charge on any atom is -0.410 e. The van der Waals surface area contributed by atoms with Crippen LogP contribution in [-0.4, -0.2) is 59.7 Å². The van der Waals surface area contributed by atoms with E-state index < -0.39 is 18.4 Å². The summed E-state index contributed by atoms with van der Waals surface area (Å²) in [7, 11) is -5.05. The Labute approximate surface area is 123 Å². The fraction of sp³-hybridized carbons (Fsp3) is 1.00. The lowest BCUT2D eigenvalue weighted by Gasteiger charge is -2.55. The van der Waals surface area contributed by atoms with E-state index in [0.717, 1.165) is 38.7 Å². The van der Waals surface area contributed by atoms with Crippen molar-refractivity contribution in [3.63, 3.8) is 0 Å². The fourth-order valence-corrected chi connectivity index (χ4v) is 5.49. The van der Waals surface area contributed by atoms with Crippen LogP contribution in [0.1, 0.15) is 19.3 Å². The van der Waals surface area contributed by atoms with Gasteiger partial charge in [-0.2, -0.15) is 8.42 Å². The van der Waals surface area contributed by atoms with Crippen LogP contribution >= 0.6 is 0 Å². The predicted octanol–water partition coefficient (Wildman–Crippen LogP) is 1.67. The highest BCUT2D eigenvalue weighted by molar-refractivity contribution is 7.85. The predicted molar refractivity (Wildman–Crippen MR) is 81.7 cm³/mol. The van der Waals surface area contributed by atoms with E-state index in [9.17, 15) is 8.42 Å². The van der Waals surface area contributed by atoms with Gasteiger partial charge in [0.15, 0.2) is 8.32 Å². The molecule has 0 aromatic carbocycles. The summed E-state index contributed by atoms with van der Waals surface area (Å²) in [5, 5.41) is 0. The number of rotatable bonds is 6. The molecule has 3 rings (SSSR count). The highest BCUT2D eigenvalue weighted by Gasteiger charge is 2.49. The number of fused-ring (bicyclic) bond motifs is 3. The van der Waals surface area contributed by atoms with Gasteiger partial charge in [0, 0.05) is 13.0 Å². The second kappa shape index (κ2) is 5.68. The van der Waals surface area contributed by atoms with Crippen molar-refractivity contribution in [2.24, 2.45) is 5.92 Å². The Morgan fingerprint density at radius 2 is 1.85 bits per heavy atom. The van der Waals surface area contributed by atoms with E-state index in [1.807, 2.05) is 0 Å². The standard InChI is InChI=1S/C13H27NO4SSi/c1-19(15,16)17-10-7-13(18-20(2,3)4)11-14-8-5-12(13)6-9-14/h12H,5-11H2,1-4H3. The van der Waals surface area contributed by atoms with Crippen LogP contribution in [0.5, 0.6) is 0 Å². The van der Waals surface area contributed by atoms with Crippen molar-refractivity contribution in [3.05, 3.63) is 0 Å². The molecule has 1 atom stereocenters. The van der Waals surface area contributed by atoms with E-state index in [0.29, 0.717) is 12.3 Å². The van der Waals surface area contributed by atoms with Crippen LogP contribution in [0.3, 0.4) is 0 Å². The smallest absolute Gasteiger partial charge is 0.264 e. The van der Waals surface area contributed by atoms with E-state index in [1.165, 1.54) is 0 Å². The molecule has 1 unspecified atom stereocenters. The molecule has 3 aliphatic rings. The normalized spacial score (nSPS) is 34.4. The average Bonchev–Trinajstić information content (AvgIpc) is 2.25. The quantitative estimate of drug-likeness (QED) is 0.550. The third-order valence-corrected chi connectivity index (χ3v) is 5.77. The van der Waals surface area contributed by atoms with Crippen LogP contribution in [-0.2, 0) is 18.7 Å². The molecule has 0 N–H and O–H groups in total. The van der Waals surface area contributed by atoms with Crippen LogP contribution in [0, 0.1) is 5.92 Å². The van der Waals surface area contributed by atoms with Crippen molar-refractivity contribution in [2.45, 2.75) is 44.5 Å². The fourth-order valence-electron chi connectivity index (χ4n) is 3.55. The first-order valence-electron chi connectivity index (χ1n) is 7.37. The molecule has 2 bridgehead atoms. The van der Waals surface area contributed by atoms with Crippen LogP contribution in [0.15, 0.2) is 0 Å². The van der Waals surface area contributed by atoms with Gasteiger partial charge in [0.2, 0.25) is 0 Å². The molecule has 5 nitrogen and oxygen atoms in total. The summed E-state index contributed by atoms with van der Waals surface area (Å²) in [5.41, 5.74) is -0.203. The van der Waals surface area contributed by atoms with Crippen LogP contribution in [0.2, 0.25) is 19.6 Å². The lowest BCUT2D eigenvalue weighted by Crippen LogP contribution is -2.63. The van der Waals surface area contributed by atoms with E-state index >= 15 is 0 Å².